The first-order chi connectivity index (χ1) is 17.0. The Morgan fingerprint density at radius 3 is 1.53 bits per heavy atom. The summed E-state index contributed by atoms with van der Waals surface area (Å²) in [5, 5.41) is 40.4. The number of isocyanates is 2. The number of aliphatic hydroxyl groups is 2. The van der Waals surface area contributed by atoms with E-state index in [2.05, 4.69) is 9.98 Å². The summed E-state index contributed by atoms with van der Waals surface area (Å²) in [6, 6.07) is 9.50. The van der Waals surface area contributed by atoms with E-state index in [1.165, 1.54) is 36.4 Å². The lowest BCUT2D eigenvalue weighted by Crippen LogP contribution is -2.54. The van der Waals surface area contributed by atoms with Gasteiger partial charge in [0.1, 0.15) is 11.8 Å². The maximum Gasteiger partial charge on any atom is 0.312 e. The fourth-order valence-corrected chi connectivity index (χ4v) is 3.52. The SMILES string of the molecule is O=C=Nc1ccc(C(=O)C(C(=O)c2ccc(N=C=O)cc2)C(O)(O)C(CCCC(=O)O)C(=O)O)cc1. The molecule has 0 aromatic heterocycles. The van der Waals surface area contributed by atoms with Crippen LogP contribution in [-0.4, -0.2) is 61.9 Å². The van der Waals surface area contributed by atoms with E-state index in [0.29, 0.717) is 0 Å². The predicted molar refractivity (Wildman–Crippen MR) is 120 cm³/mol. The molecule has 0 amide bonds. The predicted octanol–water partition coefficient (Wildman–Crippen LogP) is 1.94. The number of carboxylic acids is 2. The Morgan fingerprint density at radius 2 is 1.19 bits per heavy atom. The molecule has 36 heavy (non-hydrogen) atoms. The highest BCUT2D eigenvalue weighted by molar-refractivity contribution is 6.17. The molecule has 0 bridgehead atoms. The third-order valence-corrected chi connectivity index (χ3v) is 5.30. The molecule has 0 aliphatic heterocycles. The van der Waals surface area contributed by atoms with Crippen LogP contribution in [0.1, 0.15) is 40.0 Å². The Morgan fingerprint density at radius 1 is 0.778 bits per heavy atom. The van der Waals surface area contributed by atoms with E-state index < -0.39 is 54.0 Å². The molecule has 0 heterocycles. The number of benzene rings is 2. The van der Waals surface area contributed by atoms with E-state index in [9.17, 15) is 44.1 Å². The van der Waals surface area contributed by atoms with Gasteiger partial charge in [0.15, 0.2) is 17.4 Å². The molecule has 12 heteroatoms. The number of aliphatic carboxylic acids is 2. The van der Waals surface area contributed by atoms with Gasteiger partial charge in [-0.05, 0) is 61.4 Å². The summed E-state index contributed by atoms with van der Waals surface area (Å²) in [6.45, 7) is 0. The zero-order valence-corrected chi connectivity index (χ0v) is 18.5. The van der Waals surface area contributed by atoms with Gasteiger partial charge >= 0.3 is 11.9 Å². The van der Waals surface area contributed by atoms with Crippen molar-refractivity contribution in [1.29, 1.82) is 0 Å². The molecule has 12 nitrogen and oxygen atoms in total. The molecule has 1 atom stereocenters. The van der Waals surface area contributed by atoms with Crippen LogP contribution in [0.4, 0.5) is 11.4 Å². The van der Waals surface area contributed by atoms with Crippen molar-refractivity contribution in [2.45, 2.75) is 25.0 Å². The number of carbonyl (C=O) groups is 4. The zero-order valence-electron chi connectivity index (χ0n) is 18.5. The summed E-state index contributed by atoms with van der Waals surface area (Å²) < 4.78 is 0. The second-order valence-electron chi connectivity index (χ2n) is 7.62. The Hall–Kier alpha value is -4.60. The standard InChI is InChI=1S/C24H20N2O10/c27-12-25-16-8-4-14(5-9-16)21(31)20(22(32)15-6-10-17(11-7-15)26-13-28)24(35,36)18(23(33)34)2-1-3-19(29)30/h4-11,18,20,35-36H,1-3H2,(H,29,30)(H,33,34). The summed E-state index contributed by atoms with van der Waals surface area (Å²) in [6.07, 6.45) is 1.29. The van der Waals surface area contributed by atoms with Crippen molar-refractivity contribution < 1.29 is 49.2 Å². The first kappa shape index (κ1) is 27.6. The minimum Gasteiger partial charge on any atom is -0.481 e. The smallest absolute Gasteiger partial charge is 0.312 e. The number of carboxylic acid groups (broad SMARTS) is 2. The van der Waals surface area contributed by atoms with Gasteiger partial charge in [0.05, 0.1) is 11.4 Å². The molecule has 0 saturated heterocycles. The highest BCUT2D eigenvalue weighted by Crippen LogP contribution is 2.34. The molecule has 0 saturated carbocycles. The summed E-state index contributed by atoms with van der Waals surface area (Å²) in [5.41, 5.74) is -0.204. The van der Waals surface area contributed by atoms with Crippen molar-refractivity contribution >= 4 is 47.0 Å². The Labute approximate surface area is 203 Å². The maximum absolute atomic E-state index is 13.3. The molecule has 0 radical (unpaired) electrons. The second kappa shape index (κ2) is 12.2. The fraction of sp³-hybridized carbons (Fsp3) is 0.250. The van der Waals surface area contributed by atoms with Gasteiger partial charge in [0.25, 0.3) is 0 Å². The van der Waals surface area contributed by atoms with Crippen LogP contribution >= 0.6 is 0 Å². The van der Waals surface area contributed by atoms with E-state index in [1.807, 2.05) is 0 Å². The van der Waals surface area contributed by atoms with E-state index in [1.54, 1.807) is 0 Å². The first-order valence-electron chi connectivity index (χ1n) is 10.4. The molecule has 0 fully saturated rings. The Bertz CT molecular complexity index is 1170. The van der Waals surface area contributed by atoms with Gasteiger partial charge in [-0.1, -0.05) is 0 Å². The summed E-state index contributed by atoms with van der Waals surface area (Å²) in [5.74, 6) is -13.2. The van der Waals surface area contributed by atoms with Crippen LogP contribution in [0.2, 0.25) is 0 Å². The number of nitrogens with zero attached hydrogens (tertiary/aromatic N) is 2. The van der Waals surface area contributed by atoms with E-state index in [4.69, 9.17) is 5.11 Å². The van der Waals surface area contributed by atoms with Crippen LogP contribution in [0.5, 0.6) is 0 Å². The second-order valence-corrected chi connectivity index (χ2v) is 7.62. The zero-order chi connectivity index (χ0) is 26.9. The normalized spacial score (nSPS) is 12.4. The monoisotopic (exact) mass is 496 g/mol. The average molecular weight is 496 g/mol. The Balaban J connectivity index is 2.57. The van der Waals surface area contributed by atoms with Crippen molar-refractivity contribution in [2.75, 3.05) is 0 Å². The average Bonchev–Trinajstić information content (AvgIpc) is 2.82. The lowest BCUT2D eigenvalue weighted by Gasteiger charge is -2.34. The summed E-state index contributed by atoms with van der Waals surface area (Å²) >= 11 is 0. The molecule has 2 aromatic rings. The third kappa shape index (κ3) is 6.72. The number of hydrogen-bond acceptors (Lipinski definition) is 10. The minimum absolute atomic E-state index is 0.118. The van der Waals surface area contributed by atoms with Crippen LogP contribution in [0, 0.1) is 11.8 Å². The molecule has 0 aliphatic rings. The molecule has 0 spiro atoms. The molecule has 1 unspecified atom stereocenters. The van der Waals surface area contributed by atoms with Gasteiger partial charge in [-0.3, -0.25) is 19.2 Å². The van der Waals surface area contributed by atoms with Crippen molar-refractivity contribution in [3.05, 3.63) is 59.7 Å². The number of hydrogen-bond donors (Lipinski definition) is 4. The molecular weight excluding hydrogens is 476 g/mol. The lowest BCUT2D eigenvalue weighted by molar-refractivity contribution is -0.222. The Kier molecular flexibility index (Phi) is 9.37. The van der Waals surface area contributed by atoms with E-state index in [0.717, 1.165) is 24.3 Å². The largest absolute Gasteiger partial charge is 0.481 e. The van der Waals surface area contributed by atoms with Crippen molar-refractivity contribution in [3.8, 4) is 0 Å². The van der Waals surface area contributed by atoms with Gasteiger partial charge in [0.2, 0.25) is 12.2 Å². The fourth-order valence-electron chi connectivity index (χ4n) is 3.52. The third-order valence-electron chi connectivity index (χ3n) is 5.30. The first-order valence-corrected chi connectivity index (χ1v) is 10.4. The summed E-state index contributed by atoms with van der Waals surface area (Å²) in [7, 11) is 0. The maximum atomic E-state index is 13.3. The van der Waals surface area contributed by atoms with Gasteiger partial charge in [-0.15, -0.1) is 0 Å². The van der Waals surface area contributed by atoms with Crippen LogP contribution < -0.4 is 0 Å². The topological polar surface area (TPSA) is 208 Å². The number of carbonyl (C=O) groups excluding carboxylic acids is 4. The molecule has 0 aliphatic carbocycles. The van der Waals surface area contributed by atoms with Gasteiger partial charge in [0, 0.05) is 17.5 Å². The molecule has 2 aromatic carbocycles. The van der Waals surface area contributed by atoms with Crippen molar-refractivity contribution in [3.63, 3.8) is 0 Å². The number of rotatable bonds is 13. The quantitative estimate of drug-likeness (QED) is 0.104. The number of ketones is 2. The highest BCUT2D eigenvalue weighted by atomic mass is 16.5. The molecular formula is C24H20N2O10. The van der Waals surface area contributed by atoms with Crippen molar-refractivity contribution in [2.24, 2.45) is 21.8 Å². The van der Waals surface area contributed by atoms with Gasteiger partial charge in [-0.2, -0.15) is 9.98 Å². The number of aliphatic imine (C=N–C) groups is 2. The van der Waals surface area contributed by atoms with Crippen LogP contribution in [0.15, 0.2) is 58.5 Å². The van der Waals surface area contributed by atoms with Crippen LogP contribution in [0.25, 0.3) is 0 Å². The van der Waals surface area contributed by atoms with E-state index >= 15 is 0 Å². The van der Waals surface area contributed by atoms with E-state index in [-0.39, 0.29) is 28.9 Å². The molecule has 4 N–H and O–H groups in total. The van der Waals surface area contributed by atoms with Gasteiger partial charge in [-0.25, -0.2) is 9.59 Å². The van der Waals surface area contributed by atoms with Crippen LogP contribution in [-0.2, 0) is 19.2 Å². The number of Topliss-reactive ketones (excluding diaryl/α,β-unsaturated/α-hetero) is 2. The minimum atomic E-state index is -3.43. The summed E-state index contributed by atoms with van der Waals surface area (Å²) in [4.78, 5) is 77.0. The van der Waals surface area contributed by atoms with Crippen molar-refractivity contribution in [1.82, 2.24) is 0 Å². The molecule has 2 rings (SSSR count). The van der Waals surface area contributed by atoms with Crippen LogP contribution in [0.3, 0.4) is 0 Å². The van der Waals surface area contributed by atoms with Gasteiger partial charge < -0.3 is 20.4 Å². The molecule has 186 valence electrons. The highest BCUT2D eigenvalue weighted by Gasteiger charge is 2.53. The lowest BCUT2D eigenvalue weighted by atomic mass is 9.76.